The topological polar surface area (TPSA) is 68.0 Å². The number of para-hydroxylation sites is 1. The lowest BCUT2D eigenvalue weighted by atomic mass is 10.1. The highest BCUT2D eigenvalue weighted by atomic mass is 19.1. The van der Waals surface area contributed by atoms with Gasteiger partial charge in [-0.15, -0.1) is 0 Å². The number of carbonyl (C=O) groups is 1. The summed E-state index contributed by atoms with van der Waals surface area (Å²) in [5.41, 5.74) is 2.76. The molecule has 0 aliphatic rings. The Labute approximate surface area is 160 Å². The van der Waals surface area contributed by atoms with Crippen molar-refractivity contribution in [3.8, 4) is 22.8 Å². The van der Waals surface area contributed by atoms with Gasteiger partial charge in [-0.1, -0.05) is 47.6 Å². The summed E-state index contributed by atoms with van der Waals surface area (Å²) >= 11 is 0. The Hall–Kier alpha value is -3.80. The van der Waals surface area contributed by atoms with Crippen LogP contribution in [0.25, 0.3) is 22.8 Å². The number of hydrogen-bond acceptors (Lipinski definition) is 4. The molecular weight excluding hydrogens is 357 g/mol. The van der Waals surface area contributed by atoms with Gasteiger partial charge < -0.3 is 9.84 Å². The Kier molecular flexibility index (Phi) is 4.93. The lowest BCUT2D eigenvalue weighted by Gasteiger charge is -2.08. The Morgan fingerprint density at radius 1 is 0.929 bits per heavy atom. The van der Waals surface area contributed by atoms with Gasteiger partial charge in [-0.2, -0.15) is 4.98 Å². The van der Waals surface area contributed by atoms with Gasteiger partial charge >= 0.3 is 0 Å². The lowest BCUT2D eigenvalue weighted by Crippen LogP contribution is -2.14. The lowest BCUT2D eigenvalue weighted by molar-refractivity contribution is -0.115. The number of anilines is 1. The van der Waals surface area contributed by atoms with Gasteiger partial charge in [-0.3, -0.25) is 4.79 Å². The van der Waals surface area contributed by atoms with Gasteiger partial charge in [0.25, 0.3) is 5.89 Å². The van der Waals surface area contributed by atoms with Crippen LogP contribution in [-0.4, -0.2) is 16.0 Å². The first-order valence-corrected chi connectivity index (χ1v) is 8.72. The number of hydrogen-bond donors (Lipinski definition) is 1. The quantitative estimate of drug-likeness (QED) is 0.549. The second-order valence-electron chi connectivity index (χ2n) is 6.19. The number of nitrogens with zero attached hydrogens (tertiary/aromatic N) is 2. The highest BCUT2D eigenvalue weighted by molar-refractivity contribution is 5.95. The number of benzene rings is 3. The molecule has 3 aromatic carbocycles. The van der Waals surface area contributed by atoms with Crippen LogP contribution in [0.5, 0.6) is 0 Å². The van der Waals surface area contributed by atoms with E-state index in [0.717, 1.165) is 5.56 Å². The van der Waals surface area contributed by atoms with Crippen LogP contribution in [0.1, 0.15) is 5.56 Å². The Bertz CT molecular complexity index is 1090. The van der Waals surface area contributed by atoms with E-state index in [9.17, 15) is 9.18 Å². The maximum Gasteiger partial charge on any atom is 0.260 e. The van der Waals surface area contributed by atoms with Gasteiger partial charge in [-0.25, -0.2) is 4.39 Å². The predicted molar refractivity (Wildman–Crippen MR) is 104 cm³/mol. The fraction of sp³-hybridized carbons (Fsp3) is 0.0455. The number of carbonyl (C=O) groups excluding carboxylic acids is 1. The zero-order chi connectivity index (χ0) is 19.3. The van der Waals surface area contributed by atoms with E-state index in [4.69, 9.17) is 4.52 Å². The molecule has 138 valence electrons. The molecule has 6 heteroatoms. The maximum absolute atomic E-state index is 13.1. The van der Waals surface area contributed by atoms with Gasteiger partial charge in [0, 0.05) is 5.56 Å². The first-order chi connectivity index (χ1) is 13.7. The van der Waals surface area contributed by atoms with Crippen LogP contribution in [0.2, 0.25) is 0 Å². The first-order valence-electron chi connectivity index (χ1n) is 8.72. The highest BCUT2D eigenvalue weighted by Crippen LogP contribution is 2.28. The summed E-state index contributed by atoms with van der Waals surface area (Å²) in [5.74, 6) is 0.145. The van der Waals surface area contributed by atoms with Crippen molar-refractivity contribution in [1.82, 2.24) is 10.1 Å². The summed E-state index contributed by atoms with van der Waals surface area (Å²) in [5, 5.41) is 6.86. The largest absolute Gasteiger partial charge is 0.334 e. The van der Waals surface area contributed by atoms with E-state index in [1.807, 2.05) is 42.5 Å². The summed E-state index contributed by atoms with van der Waals surface area (Å²) in [6.07, 6.45) is 0.264. The summed E-state index contributed by atoms with van der Waals surface area (Å²) < 4.78 is 18.5. The number of rotatable bonds is 5. The minimum Gasteiger partial charge on any atom is -0.334 e. The molecule has 0 spiro atoms. The van der Waals surface area contributed by atoms with E-state index in [0.29, 0.717) is 22.6 Å². The average molecular weight is 373 g/mol. The Balaban J connectivity index is 1.56. The minimum absolute atomic E-state index is 0.142. The van der Waals surface area contributed by atoms with Gasteiger partial charge in [-0.05, 0) is 42.0 Å². The van der Waals surface area contributed by atoms with E-state index in [-0.39, 0.29) is 24.0 Å². The van der Waals surface area contributed by atoms with Crippen molar-refractivity contribution in [3.05, 3.63) is 90.2 Å². The third-order valence-electron chi connectivity index (χ3n) is 4.17. The molecule has 1 aromatic heterocycles. The van der Waals surface area contributed by atoms with Crippen molar-refractivity contribution < 1.29 is 13.7 Å². The monoisotopic (exact) mass is 373 g/mol. The van der Waals surface area contributed by atoms with E-state index in [1.165, 1.54) is 12.1 Å². The Morgan fingerprint density at radius 2 is 1.64 bits per heavy atom. The molecule has 0 bridgehead atoms. The summed E-state index contributed by atoms with van der Waals surface area (Å²) in [7, 11) is 0. The molecule has 0 fully saturated rings. The molecule has 4 aromatic rings. The second kappa shape index (κ2) is 7.84. The molecule has 4 rings (SSSR count). The van der Waals surface area contributed by atoms with Crippen LogP contribution in [0.4, 0.5) is 10.1 Å². The van der Waals surface area contributed by atoms with Gasteiger partial charge in [0.05, 0.1) is 17.7 Å². The predicted octanol–water partition coefficient (Wildman–Crippen LogP) is 4.72. The maximum atomic E-state index is 13.1. The van der Waals surface area contributed by atoms with Crippen LogP contribution in [0.3, 0.4) is 0 Å². The van der Waals surface area contributed by atoms with Crippen molar-refractivity contribution in [1.29, 1.82) is 0 Å². The van der Waals surface area contributed by atoms with Crippen molar-refractivity contribution in [2.24, 2.45) is 0 Å². The van der Waals surface area contributed by atoms with E-state index >= 15 is 0 Å². The molecule has 1 amide bonds. The van der Waals surface area contributed by atoms with E-state index < -0.39 is 0 Å². The highest BCUT2D eigenvalue weighted by Gasteiger charge is 2.15. The molecule has 0 atom stereocenters. The van der Waals surface area contributed by atoms with Crippen LogP contribution in [0, 0.1) is 5.82 Å². The zero-order valence-electron chi connectivity index (χ0n) is 14.8. The molecule has 1 N–H and O–H groups in total. The molecule has 1 heterocycles. The van der Waals surface area contributed by atoms with Gasteiger partial charge in [0.1, 0.15) is 5.82 Å². The fourth-order valence-electron chi connectivity index (χ4n) is 2.80. The Morgan fingerprint density at radius 3 is 2.43 bits per heavy atom. The SMILES string of the molecule is O=C(Cc1ccccc1)Nc1ccccc1-c1nc(-c2ccc(F)cc2)no1. The van der Waals surface area contributed by atoms with Gasteiger partial charge in [0.15, 0.2) is 0 Å². The standard InChI is InChI=1S/C22H16FN3O2/c23-17-12-10-16(11-13-17)21-25-22(28-26-21)18-8-4-5-9-19(18)24-20(27)14-15-6-2-1-3-7-15/h1-13H,14H2,(H,24,27). The number of halogens is 1. The smallest absolute Gasteiger partial charge is 0.260 e. The number of aromatic nitrogens is 2. The summed E-state index contributed by atoms with van der Waals surface area (Å²) in [6, 6.07) is 22.5. The first kappa shape index (κ1) is 17.6. The van der Waals surface area contributed by atoms with Crippen molar-refractivity contribution in [2.75, 3.05) is 5.32 Å². The van der Waals surface area contributed by atoms with Crippen molar-refractivity contribution >= 4 is 11.6 Å². The van der Waals surface area contributed by atoms with Crippen LogP contribution in [0.15, 0.2) is 83.4 Å². The molecular formula is C22H16FN3O2. The van der Waals surface area contributed by atoms with E-state index in [1.54, 1.807) is 24.3 Å². The fourth-order valence-corrected chi connectivity index (χ4v) is 2.80. The number of nitrogens with one attached hydrogen (secondary N) is 1. The molecule has 28 heavy (non-hydrogen) atoms. The molecule has 0 saturated carbocycles. The van der Waals surface area contributed by atoms with Gasteiger partial charge in [0.2, 0.25) is 11.7 Å². The van der Waals surface area contributed by atoms with Crippen molar-refractivity contribution in [2.45, 2.75) is 6.42 Å². The third kappa shape index (κ3) is 3.96. The number of amides is 1. The third-order valence-corrected chi connectivity index (χ3v) is 4.17. The second-order valence-corrected chi connectivity index (χ2v) is 6.19. The zero-order valence-corrected chi connectivity index (χ0v) is 14.8. The molecule has 0 aliphatic carbocycles. The van der Waals surface area contributed by atoms with Crippen LogP contribution in [-0.2, 0) is 11.2 Å². The van der Waals surface area contributed by atoms with Crippen molar-refractivity contribution in [3.63, 3.8) is 0 Å². The molecule has 0 saturated heterocycles. The summed E-state index contributed by atoms with van der Waals surface area (Å²) in [6.45, 7) is 0. The minimum atomic E-state index is -0.334. The molecule has 0 aliphatic heterocycles. The molecule has 0 radical (unpaired) electrons. The molecule has 0 unspecified atom stereocenters. The van der Waals surface area contributed by atoms with Crippen LogP contribution < -0.4 is 5.32 Å². The normalized spacial score (nSPS) is 10.6. The van der Waals surface area contributed by atoms with Crippen LogP contribution >= 0.6 is 0 Å². The summed E-state index contributed by atoms with van der Waals surface area (Å²) in [4.78, 5) is 16.8. The average Bonchev–Trinajstić information content (AvgIpc) is 3.19. The van der Waals surface area contributed by atoms with E-state index in [2.05, 4.69) is 15.5 Å². The molecule has 5 nitrogen and oxygen atoms in total.